The molecule has 0 unspecified atom stereocenters. The van der Waals surface area contributed by atoms with Crippen LogP contribution < -0.4 is 0 Å². The zero-order chi connectivity index (χ0) is 9.68. The molecule has 0 saturated heterocycles. The molecular weight excluding hydrogens is 228 g/mol. The molecule has 68 valence electrons. The maximum Gasteiger partial charge on any atom is 0.186 e. The Morgan fingerprint density at radius 3 is 2.77 bits per heavy atom. The van der Waals surface area contributed by atoms with Gasteiger partial charge in [0.05, 0.1) is 0 Å². The van der Waals surface area contributed by atoms with E-state index in [0.717, 1.165) is 10.9 Å². The highest BCUT2D eigenvalue weighted by Gasteiger charge is 2.04. The van der Waals surface area contributed by atoms with Crippen molar-refractivity contribution >= 4 is 21.7 Å². The molecule has 2 heteroatoms. The predicted octanol–water partition coefficient (Wildman–Crippen LogP) is 3.60. The molecule has 0 aromatic heterocycles. The fraction of sp³-hybridized carbons (Fsp3) is 0.182. The Morgan fingerprint density at radius 1 is 1.46 bits per heavy atom. The molecule has 0 N–H and O–H groups in total. The highest BCUT2D eigenvalue weighted by molar-refractivity contribution is 9.10. The average molecular weight is 239 g/mol. The lowest BCUT2D eigenvalue weighted by Gasteiger charge is -1.97. The number of carbonyl (C=O) groups excluding carboxylic acids is 1. The van der Waals surface area contributed by atoms with Crippen LogP contribution in [0, 0.1) is 0 Å². The van der Waals surface area contributed by atoms with Crippen molar-refractivity contribution in [3.8, 4) is 0 Å². The van der Waals surface area contributed by atoms with Gasteiger partial charge in [0.15, 0.2) is 5.78 Å². The van der Waals surface area contributed by atoms with E-state index in [1.807, 2.05) is 37.3 Å². The Hall–Kier alpha value is -0.890. The fourth-order valence-electron chi connectivity index (χ4n) is 0.976. The van der Waals surface area contributed by atoms with Crippen LogP contribution in [0.15, 0.2) is 40.9 Å². The molecule has 0 radical (unpaired) electrons. The third-order valence-electron chi connectivity index (χ3n) is 1.64. The maximum atomic E-state index is 11.5. The second-order valence-electron chi connectivity index (χ2n) is 2.65. The molecule has 13 heavy (non-hydrogen) atoms. The van der Waals surface area contributed by atoms with Crippen LogP contribution in [0.2, 0.25) is 0 Å². The molecule has 0 aliphatic rings. The van der Waals surface area contributed by atoms with Crippen LogP contribution in [-0.2, 0) is 0 Å². The van der Waals surface area contributed by atoms with E-state index in [-0.39, 0.29) is 5.78 Å². The van der Waals surface area contributed by atoms with Gasteiger partial charge in [-0.05, 0) is 24.6 Å². The SMILES string of the molecule is CC/C=C/C(=O)c1ccccc1Br. The van der Waals surface area contributed by atoms with Crippen LogP contribution in [0.4, 0.5) is 0 Å². The first kappa shape index (κ1) is 10.2. The number of benzene rings is 1. The second-order valence-corrected chi connectivity index (χ2v) is 3.51. The van der Waals surface area contributed by atoms with Crippen molar-refractivity contribution in [1.82, 2.24) is 0 Å². The standard InChI is InChI=1S/C11H11BrO/c1-2-3-8-11(13)9-6-4-5-7-10(9)12/h3-8H,2H2,1H3/b8-3+. The number of halogens is 1. The summed E-state index contributed by atoms with van der Waals surface area (Å²) < 4.78 is 0.848. The van der Waals surface area contributed by atoms with Crippen LogP contribution in [0.1, 0.15) is 23.7 Å². The molecule has 1 nitrogen and oxygen atoms in total. The van der Waals surface area contributed by atoms with Gasteiger partial charge >= 0.3 is 0 Å². The van der Waals surface area contributed by atoms with Crippen LogP contribution in [-0.4, -0.2) is 5.78 Å². The highest BCUT2D eigenvalue weighted by atomic mass is 79.9. The minimum Gasteiger partial charge on any atom is -0.289 e. The van der Waals surface area contributed by atoms with Gasteiger partial charge in [-0.2, -0.15) is 0 Å². The Kier molecular flexibility index (Phi) is 3.90. The van der Waals surface area contributed by atoms with Crippen molar-refractivity contribution in [3.63, 3.8) is 0 Å². The Morgan fingerprint density at radius 2 is 2.15 bits per heavy atom. The van der Waals surface area contributed by atoms with Gasteiger partial charge in [0.1, 0.15) is 0 Å². The van der Waals surface area contributed by atoms with Crippen LogP contribution in [0.5, 0.6) is 0 Å². The van der Waals surface area contributed by atoms with Crippen LogP contribution in [0.3, 0.4) is 0 Å². The summed E-state index contributed by atoms with van der Waals surface area (Å²) in [6.45, 7) is 2.00. The lowest BCUT2D eigenvalue weighted by Crippen LogP contribution is -1.94. The summed E-state index contributed by atoms with van der Waals surface area (Å²) in [5.41, 5.74) is 0.715. The third-order valence-corrected chi connectivity index (χ3v) is 2.34. The van der Waals surface area contributed by atoms with E-state index in [1.54, 1.807) is 6.08 Å². The van der Waals surface area contributed by atoms with E-state index in [1.165, 1.54) is 0 Å². The Bertz CT molecular complexity index is 329. The molecule has 0 saturated carbocycles. The Balaban J connectivity index is 2.89. The van der Waals surface area contributed by atoms with Gasteiger partial charge < -0.3 is 0 Å². The third kappa shape index (κ3) is 2.81. The summed E-state index contributed by atoms with van der Waals surface area (Å²) in [4.78, 5) is 11.5. The van der Waals surface area contributed by atoms with Crippen molar-refractivity contribution < 1.29 is 4.79 Å². The summed E-state index contributed by atoms with van der Waals surface area (Å²) in [5.74, 6) is 0.0503. The lowest BCUT2D eigenvalue weighted by molar-refractivity contribution is 0.104. The summed E-state index contributed by atoms with van der Waals surface area (Å²) in [7, 11) is 0. The number of hydrogen-bond donors (Lipinski definition) is 0. The zero-order valence-corrected chi connectivity index (χ0v) is 9.04. The second kappa shape index (κ2) is 4.97. The molecule has 0 amide bonds. The van der Waals surface area contributed by atoms with Gasteiger partial charge in [-0.15, -0.1) is 0 Å². The average Bonchev–Trinajstić information content (AvgIpc) is 2.15. The van der Waals surface area contributed by atoms with Crippen molar-refractivity contribution in [1.29, 1.82) is 0 Å². The van der Waals surface area contributed by atoms with Gasteiger partial charge in [-0.1, -0.05) is 41.1 Å². The normalized spacial score (nSPS) is 10.6. The first-order valence-electron chi connectivity index (χ1n) is 4.21. The number of carbonyl (C=O) groups is 1. The van der Waals surface area contributed by atoms with Gasteiger partial charge in [0, 0.05) is 10.0 Å². The highest BCUT2D eigenvalue weighted by Crippen LogP contribution is 2.16. The van der Waals surface area contributed by atoms with Crippen molar-refractivity contribution in [2.75, 3.05) is 0 Å². The van der Waals surface area contributed by atoms with Gasteiger partial charge in [-0.3, -0.25) is 4.79 Å². The van der Waals surface area contributed by atoms with E-state index >= 15 is 0 Å². The van der Waals surface area contributed by atoms with Gasteiger partial charge in [0.2, 0.25) is 0 Å². The van der Waals surface area contributed by atoms with E-state index < -0.39 is 0 Å². The molecule has 0 fully saturated rings. The largest absolute Gasteiger partial charge is 0.289 e. The van der Waals surface area contributed by atoms with E-state index in [2.05, 4.69) is 15.9 Å². The lowest BCUT2D eigenvalue weighted by atomic mass is 10.1. The summed E-state index contributed by atoms with van der Waals surface area (Å²) >= 11 is 3.33. The van der Waals surface area contributed by atoms with Gasteiger partial charge in [-0.25, -0.2) is 0 Å². The minimum atomic E-state index is 0.0503. The first-order chi connectivity index (χ1) is 6.25. The molecule has 0 heterocycles. The number of ketones is 1. The smallest absolute Gasteiger partial charge is 0.186 e. The number of hydrogen-bond acceptors (Lipinski definition) is 1. The quantitative estimate of drug-likeness (QED) is 0.581. The number of allylic oxidation sites excluding steroid dienone is 2. The predicted molar refractivity (Wildman–Crippen MR) is 57.9 cm³/mol. The van der Waals surface area contributed by atoms with E-state index in [4.69, 9.17) is 0 Å². The molecule has 1 aromatic carbocycles. The zero-order valence-electron chi connectivity index (χ0n) is 7.46. The first-order valence-corrected chi connectivity index (χ1v) is 5.00. The summed E-state index contributed by atoms with van der Waals surface area (Å²) in [6.07, 6.45) is 4.36. The molecule has 0 atom stereocenters. The fourth-order valence-corrected chi connectivity index (χ4v) is 1.46. The molecule has 0 aliphatic heterocycles. The van der Waals surface area contributed by atoms with Crippen LogP contribution in [0.25, 0.3) is 0 Å². The van der Waals surface area contributed by atoms with Crippen molar-refractivity contribution in [2.24, 2.45) is 0 Å². The Labute approximate surface area is 86.6 Å². The van der Waals surface area contributed by atoms with Crippen LogP contribution >= 0.6 is 15.9 Å². The monoisotopic (exact) mass is 238 g/mol. The minimum absolute atomic E-state index is 0.0503. The molecule has 1 rings (SSSR count). The molecule has 1 aromatic rings. The molecular formula is C11H11BrO. The maximum absolute atomic E-state index is 11.5. The summed E-state index contributed by atoms with van der Waals surface area (Å²) in [5, 5.41) is 0. The molecule has 0 aliphatic carbocycles. The van der Waals surface area contributed by atoms with Gasteiger partial charge in [0.25, 0.3) is 0 Å². The topological polar surface area (TPSA) is 17.1 Å². The van der Waals surface area contributed by atoms with Crippen molar-refractivity contribution in [3.05, 3.63) is 46.5 Å². The van der Waals surface area contributed by atoms with E-state index in [0.29, 0.717) is 5.56 Å². The summed E-state index contributed by atoms with van der Waals surface area (Å²) in [6, 6.07) is 7.43. The number of rotatable bonds is 3. The molecule has 0 spiro atoms. The van der Waals surface area contributed by atoms with Crippen molar-refractivity contribution in [2.45, 2.75) is 13.3 Å². The van der Waals surface area contributed by atoms with E-state index in [9.17, 15) is 4.79 Å². The molecule has 0 bridgehead atoms.